The van der Waals surface area contributed by atoms with Crippen molar-refractivity contribution in [3.63, 3.8) is 0 Å². The molecule has 2 bridgehead atoms. The van der Waals surface area contributed by atoms with Crippen LogP contribution in [0, 0.1) is 11.8 Å². The van der Waals surface area contributed by atoms with Gasteiger partial charge in [0.2, 0.25) is 5.88 Å². The molecule has 0 saturated carbocycles. The number of methoxy groups -OCH3 is 1. The summed E-state index contributed by atoms with van der Waals surface area (Å²) in [6, 6.07) is 6.35. The van der Waals surface area contributed by atoms with Gasteiger partial charge in [-0.15, -0.1) is 6.58 Å². The molecule has 30 heavy (non-hydrogen) atoms. The van der Waals surface area contributed by atoms with Gasteiger partial charge in [0.1, 0.15) is 5.75 Å². The lowest BCUT2D eigenvalue weighted by molar-refractivity contribution is -0.0445. The van der Waals surface area contributed by atoms with E-state index in [1.807, 2.05) is 6.08 Å². The average molecular weight is 439 g/mol. The van der Waals surface area contributed by atoms with Crippen molar-refractivity contribution in [2.45, 2.75) is 25.0 Å². The third kappa shape index (κ3) is 4.28. The standard InChI is InChI=1S/C20H24N2O6S.H2O/c1-3-12-11-22-7-6-13(12)8-18(22)20(23)16-10-19(28-29(24,25)26)21-17-5-4-14(27-2)9-15(16)17;/h3-5,9-10,12-13,18,20,23H,1,6-8,11H2,2H3,(H,24,25,26);1H2/t12-,13?,18-,20+;/m0./s1. The second-order valence-corrected chi connectivity index (χ2v) is 8.66. The van der Waals surface area contributed by atoms with Gasteiger partial charge in [-0.05, 0) is 55.0 Å². The molecule has 164 valence electrons. The van der Waals surface area contributed by atoms with E-state index in [4.69, 9.17) is 9.29 Å². The number of pyridine rings is 1. The number of aromatic nitrogens is 1. The molecule has 0 aliphatic carbocycles. The van der Waals surface area contributed by atoms with Crippen molar-refractivity contribution in [2.75, 3.05) is 20.2 Å². The molecule has 9 nitrogen and oxygen atoms in total. The van der Waals surface area contributed by atoms with Crippen LogP contribution in [-0.4, -0.2) is 59.7 Å². The third-order valence-electron chi connectivity index (χ3n) is 6.05. The molecule has 1 aromatic heterocycles. The fourth-order valence-electron chi connectivity index (χ4n) is 4.64. The number of rotatable bonds is 6. The number of benzene rings is 1. The Balaban J connectivity index is 0.00000256. The van der Waals surface area contributed by atoms with E-state index in [-0.39, 0.29) is 17.4 Å². The van der Waals surface area contributed by atoms with Crippen molar-refractivity contribution < 1.29 is 32.5 Å². The predicted molar refractivity (Wildman–Crippen MR) is 111 cm³/mol. The Hall–Kier alpha value is -2.24. The average Bonchev–Trinajstić information content (AvgIpc) is 2.71. The third-order valence-corrected chi connectivity index (χ3v) is 6.43. The van der Waals surface area contributed by atoms with Crippen molar-refractivity contribution in [1.82, 2.24) is 9.88 Å². The van der Waals surface area contributed by atoms with Crippen LogP contribution >= 0.6 is 0 Å². The summed E-state index contributed by atoms with van der Waals surface area (Å²) in [6.07, 6.45) is 3.00. The number of hydrogen-bond acceptors (Lipinski definition) is 7. The number of hydrogen-bond donors (Lipinski definition) is 2. The van der Waals surface area contributed by atoms with Gasteiger partial charge in [0, 0.05) is 24.0 Å². The van der Waals surface area contributed by atoms with Crippen molar-refractivity contribution >= 4 is 21.3 Å². The fourth-order valence-corrected chi connectivity index (χ4v) is 4.94. The van der Waals surface area contributed by atoms with Gasteiger partial charge in [-0.1, -0.05) is 6.08 Å². The van der Waals surface area contributed by atoms with Crippen LogP contribution in [0.15, 0.2) is 36.9 Å². The largest absolute Gasteiger partial charge is 0.497 e. The summed E-state index contributed by atoms with van der Waals surface area (Å²) in [5.41, 5.74) is 0.918. The van der Waals surface area contributed by atoms with E-state index in [0.29, 0.717) is 34.1 Å². The molecule has 0 amide bonds. The molecule has 3 fully saturated rings. The molecule has 5 atom stereocenters. The fraction of sp³-hybridized carbons (Fsp3) is 0.450. The van der Waals surface area contributed by atoms with E-state index in [2.05, 4.69) is 20.6 Å². The second kappa shape index (κ2) is 8.48. The van der Waals surface area contributed by atoms with Crippen LogP contribution in [0.3, 0.4) is 0 Å². The zero-order chi connectivity index (χ0) is 20.8. The molecule has 3 saturated heterocycles. The zero-order valence-electron chi connectivity index (χ0n) is 16.6. The van der Waals surface area contributed by atoms with Crippen molar-refractivity contribution in [1.29, 1.82) is 0 Å². The van der Waals surface area contributed by atoms with Crippen LogP contribution in [-0.2, 0) is 10.4 Å². The number of fused-ring (bicyclic) bond motifs is 4. The molecular weight excluding hydrogens is 412 g/mol. The van der Waals surface area contributed by atoms with E-state index in [9.17, 15) is 13.5 Å². The Morgan fingerprint density at radius 1 is 1.37 bits per heavy atom. The van der Waals surface area contributed by atoms with Crippen LogP contribution in [0.2, 0.25) is 0 Å². The van der Waals surface area contributed by atoms with E-state index >= 15 is 0 Å². The maximum Gasteiger partial charge on any atom is 0.447 e. The molecule has 2 unspecified atom stereocenters. The summed E-state index contributed by atoms with van der Waals surface area (Å²) in [5, 5.41) is 11.9. The normalized spacial score (nSPS) is 26.6. The first-order valence-electron chi connectivity index (χ1n) is 9.49. The van der Waals surface area contributed by atoms with E-state index in [1.165, 1.54) is 6.07 Å². The van der Waals surface area contributed by atoms with Gasteiger partial charge in [-0.3, -0.25) is 9.45 Å². The topological polar surface area (TPSA) is 141 Å². The van der Waals surface area contributed by atoms with Gasteiger partial charge in [-0.2, -0.15) is 8.42 Å². The Bertz CT molecular complexity index is 1040. The highest BCUT2D eigenvalue weighted by atomic mass is 32.3. The van der Waals surface area contributed by atoms with Crippen LogP contribution in [0.1, 0.15) is 24.5 Å². The van der Waals surface area contributed by atoms with E-state index < -0.39 is 16.5 Å². The summed E-state index contributed by atoms with van der Waals surface area (Å²) >= 11 is 0. The molecule has 1 aromatic carbocycles. The SMILES string of the molecule is C=C[C@H]1CN2CCC1C[C@H]2[C@H](O)c1cc(OS(=O)(=O)O)nc2ccc(OC)cc12.O. The van der Waals surface area contributed by atoms with Gasteiger partial charge in [0.05, 0.1) is 18.7 Å². The molecule has 0 spiro atoms. The number of nitrogens with zero attached hydrogens (tertiary/aromatic N) is 2. The van der Waals surface area contributed by atoms with Crippen molar-refractivity contribution in [2.24, 2.45) is 11.8 Å². The second-order valence-electron chi connectivity index (χ2n) is 7.63. The maximum atomic E-state index is 11.3. The summed E-state index contributed by atoms with van der Waals surface area (Å²) in [4.78, 5) is 6.40. The van der Waals surface area contributed by atoms with Gasteiger partial charge in [0.25, 0.3) is 0 Å². The number of aliphatic hydroxyl groups is 1. The first kappa shape index (κ1) is 22.4. The minimum Gasteiger partial charge on any atom is -0.497 e. The van der Waals surface area contributed by atoms with Crippen LogP contribution in [0.25, 0.3) is 10.9 Å². The molecule has 2 aromatic rings. The van der Waals surface area contributed by atoms with Gasteiger partial charge in [-0.25, -0.2) is 4.98 Å². The van der Waals surface area contributed by atoms with E-state index in [0.717, 1.165) is 25.9 Å². The summed E-state index contributed by atoms with van der Waals surface area (Å²) in [5.74, 6) is 1.18. The molecule has 0 radical (unpaired) electrons. The Labute approximate surface area is 175 Å². The molecular formula is C20H26N2O7S. The van der Waals surface area contributed by atoms with Gasteiger partial charge >= 0.3 is 10.4 Å². The summed E-state index contributed by atoms with van der Waals surface area (Å²) < 4.78 is 41.3. The number of aliphatic hydroxyl groups excluding tert-OH is 1. The molecule has 4 heterocycles. The minimum atomic E-state index is -4.74. The zero-order valence-corrected chi connectivity index (χ0v) is 17.4. The summed E-state index contributed by atoms with van der Waals surface area (Å²) in [7, 11) is -3.19. The lowest BCUT2D eigenvalue weighted by Gasteiger charge is -2.50. The van der Waals surface area contributed by atoms with Crippen LogP contribution in [0.4, 0.5) is 0 Å². The summed E-state index contributed by atoms with van der Waals surface area (Å²) in [6.45, 7) is 5.67. The molecule has 3 aliphatic rings. The monoisotopic (exact) mass is 438 g/mol. The van der Waals surface area contributed by atoms with Crippen LogP contribution in [0.5, 0.6) is 11.6 Å². The van der Waals surface area contributed by atoms with Gasteiger partial charge < -0.3 is 19.5 Å². The van der Waals surface area contributed by atoms with Crippen molar-refractivity contribution in [3.05, 3.63) is 42.5 Å². The highest BCUT2D eigenvalue weighted by Gasteiger charge is 2.42. The van der Waals surface area contributed by atoms with Gasteiger partial charge in [0.15, 0.2) is 0 Å². The molecule has 3 aliphatic heterocycles. The Morgan fingerprint density at radius 2 is 2.13 bits per heavy atom. The van der Waals surface area contributed by atoms with Crippen LogP contribution < -0.4 is 8.92 Å². The Morgan fingerprint density at radius 3 is 2.73 bits per heavy atom. The quantitative estimate of drug-likeness (QED) is 0.511. The maximum absolute atomic E-state index is 11.3. The molecule has 4 N–H and O–H groups in total. The first-order valence-corrected chi connectivity index (χ1v) is 10.9. The number of piperidine rings is 3. The highest BCUT2D eigenvalue weighted by Crippen LogP contribution is 2.42. The molecule has 10 heteroatoms. The lowest BCUT2D eigenvalue weighted by Crippen LogP contribution is -2.54. The van der Waals surface area contributed by atoms with Crippen molar-refractivity contribution in [3.8, 4) is 11.6 Å². The number of ether oxygens (including phenoxy) is 1. The molecule has 5 rings (SSSR count). The Kier molecular flexibility index (Phi) is 6.34. The minimum absolute atomic E-state index is 0. The smallest absolute Gasteiger partial charge is 0.447 e. The predicted octanol–water partition coefficient (Wildman–Crippen LogP) is 1.53. The van der Waals surface area contributed by atoms with E-state index in [1.54, 1.807) is 25.3 Å². The lowest BCUT2D eigenvalue weighted by atomic mass is 9.73. The first-order chi connectivity index (χ1) is 13.8. The highest BCUT2D eigenvalue weighted by molar-refractivity contribution is 7.81.